The summed E-state index contributed by atoms with van der Waals surface area (Å²) in [5.41, 5.74) is 2.56. The summed E-state index contributed by atoms with van der Waals surface area (Å²) in [5.74, 6) is 1.06. The molecule has 0 saturated carbocycles. The number of anilines is 1. The van der Waals surface area contributed by atoms with E-state index in [0.29, 0.717) is 6.04 Å². The Labute approximate surface area is 163 Å². The quantitative estimate of drug-likeness (QED) is 0.494. The van der Waals surface area contributed by atoms with Crippen LogP contribution in [0.5, 0.6) is 0 Å². The molecule has 1 N–H and O–H groups in total. The van der Waals surface area contributed by atoms with E-state index in [1.165, 1.54) is 17.7 Å². The van der Waals surface area contributed by atoms with Crippen LogP contribution in [0.2, 0.25) is 0 Å². The molecule has 5 nitrogen and oxygen atoms in total. The van der Waals surface area contributed by atoms with Gasteiger partial charge in [0.15, 0.2) is 5.96 Å². The van der Waals surface area contributed by atoms with Gasteiger partial charge in [0.2, 0.25) is 0 Å². The predicted molar refractivity (Wildman–Crippen MR) is 113 cm³/mol. The molecule has 3 aliphatic heterocycles. The Kier molecular flexibility index (Phi) is 5.78. The normalized spacial score (nSPS) is 23.0. The highest BCUT2D eigenvalue weighted by molar-refractivity contribution is 5.80. The van der Waals surface area contributed by atoms with E-state index in [-0.39, 0.29) is 0 Å². The fourth-order valence-corrected chi connectivity index (χ4v) is 4.16. The summed E-state index contributed by atoms with van der Waals surface area (Å²) >= 11 is 0. The molecule has 27 heavy (non-hydrogen) atoms. The number of guanidine groups is 1. The Morgan fingerprint density at radius 2 is 1.89 bits per heavy atom. The third-order valence-electron chi connectivity index (χ3n) is 5.67. The first kappa shape index (κ1) is 18.1. The van der Waals surface area contributed by atoms with Gasteiger partial charge in [0.1, 0.15) is 0 Å². The number of nitrogens with one attached hydrogen (secondary N) is 1. The minimum atomic E-state index is 0.648. The van der Waals surface area contributed by atoms with Crippen LogP contribution in [0, 0.1) is 0 Å². The summed E-state index contributed by atoms with van der Waals surface area (Å²) in [6.45, 7) is 10.2. The second-order valence-corrected chi connectivity index (χ2v) is 7.53. The standard InChI is InChI=1S/C22H31N5/c1-2-23-22(27-15-10-21(18-27)26-13-5-6-14-26)24-17-19-8-7-9-20(16-19)25-11-3-4-12-25/h3-9,16,21H,2,10-15,17-18H2,1H3,(H,23,24). The molecule has 3 aliphatic rings. The van der Waals surface area contributed by atoms with Gasteiger partial charge in [-0.3, -0.25) is 4.90 Å². The van der Waals surface area contributed by atoms with E-state index < -0.39 is 0 Å². The van der Waals surface area contributed by atoms with Gasteiger partial charge in [-0.2, -0.15) is 0 Å². The Hall–Kier alpha value is -2.27. The van der Waals surface area contributed by atoms with Crippen molar-refractivity contribution in [1.82, 2.24) is 15.1 Å². The van der Waals surface area contributed by atoms with E-state index in [4.69, 9.17) is 4.99 Å². The first-order valence-corrected chi connectivity index (χ1v) is 10.2. The number of benzene rings is 1. The van der Waals surface area contributed by atoms with E-state index in [9.17, 15) is 0 Å². The van der Waals surface area contributed by atoms with Crippen LogP contribution in [0.4, 0.5) is 5.69 Å². The lowest BCUT2D eigenvalue weighted by Gasteiger charge is -2.25. The molecule has 0 spiro atoms. The van der Waals surface area contributed by atoms with E-state index in [1.54, 1.807) is 0 Å². The van der Waals surface area contributed by atoms with Crippen molar-refractivity contribution < 1.29 is 0 Å². The molecule has 1 saturated heterocycles. The summed E-state index contributed by atoms with van der Waals surface area (Å²) < 4.78 is 0. The second-order valence-electron chi connectivity index (χ2n) is 7.53. The maximum absolute atomic E-state index is 4.96. The van der Waals surface area contributed by atoms with Crippen LogP contribution in [0.25, 0.3) is 0 Å². The lowest BCUT2D eigenvalue weighted by molar-refractivity contribution is 0.259. The van der Waals surface area contributed by atoms with Crippen molar-refractivity contribution in [3.8, 4) is 0 Å². The number of likely N-dealkylation sites (tertiary alicyclic amines) is 1. The highest BCUT2D eigenvalue weighted by Gasteiger charge is 2.29. The number of aliphatic imine (C=N–C) groups is 1. The molecular formula is C22H31N5. The van der Waals surface area contributed by atoms with Gasteiger partial charge in [-0.15, -0.1) is 0 Å². The maximum Gasteiger partial charge on any atom is 0.194 e. The molecule has 5 heteroatoms. The summed E-state index contributed by atoms with van der Waals surface area (Å²) in [4.78, 5) is 12.3. The topological polar surface area (TPSA) is 34.1 Å². The van der Waals surface area contributed by atoms with Crippen molar-refractivity contribution in [1.29, 1.82) is 0 Å². The molecule has 0 aliphatic carbocycles. The maximum atomic E-state index is 4.96. The van der Waals surface area contributed by atoms with E-state index in [1.807, 2.05) is 0 Å². The van der Waals surface area contributed by atoms with Crippen LogP contribution in [0.3, 0.4) is 0 Å². The summed E-state index contributed by atoms with van der Waals surface area (Å²) in [7, 11) is 0. The lowest BCUT2D eigenvalue weighted by Crippen LogP contribution is -2.42. The van der Waals surface area contributed by atoms with Crippen molar-refractivity contribution in [3.63, 3.8) is 0 Å². The first-order valence-electron chi connectivity index (χ1n) is 10.2. The van der Waals surface area contributed by atoms with E-state index >= 15 is 0 Å². The van der Waals surface area contributed by atoms with Gasteiger partial charge < -0.3 is 15.1 Å². The minimum Gasteiger partial charge on any atom is -0.364 e. The Bertz CT molecular complexity index is 707. The van der Waals surface area contributed by atoms with Crippen LogP contribution in [-0.4, -0.2) is 67.6 Å². The zero-order chi connectivity index (χ0) is 18.5. The zero-order valence-corrected chi connectivity index (χ0v) is 16.3. The van der Waals surface area contributed by atoms with E-state index in [2.05, 4.69) is 75.5 Å². The molecule has 1 atom stereocenters. The molecule has 0 aromatic heterocycles. The highest BCUT2D eigenvalue weighted by atomic mass is 15.3. The second kappa shape index (κ2) is 8.61. The van der Waals surface area contributed by atoms with Crippen molar-refractivity contribution in [2.75, 3.05) is 50.7 Å². The molecule has 0 bridgehead atoms. The van der Waals surface area contributed by atoms with Gasteiger partial charge in [0.25, 0.3) is 0 Å². The molecule has 1 aromatic carbocycles. The van der Waals surface area contributed by atoms with Gasteiger partial charge in [0, 0.05) is 57.5 Å². The van der Waals surface area contributed by atoms with Crippen LogP contribution in [0.15, 0.2) is 53.6 Å². The van der Waals surface area contributed by atoms with Gasteiger partial charge in [-0.05, 0) is 31.0 Å². The fraction of sp³-hybridized carbons (Fsp3) is 0.500. The third kappa shape index (κ3) is 4.35. The smallest absolute Gasteiger partial charge is 0.194 e. The monoisotopic (exact) mass is 365 g/mol. The Morgan fingerprint density at radius 1 is 1.11 bits per heavy atom. The SMILES string of the molecule is CCNC(=NCc1cccc(N2CC=CC2)c1)N1CCC(N2CC=CC2)C1. The van der Waals surface area contributed by atoms with Crippen molar-refractivity contribution in [2.24, 2.45) is 4.99 Å². The molecule has 3 heterocycles. The van der Waals surface area contributed by atoms with Crippen molar-refractivity contribution in [2.45, 2.75) is 25.9 Å². The first-order chi connectivity index (χ1) is 13.3. The van der Waals surface area contributed by atoms with Gasteiger partial charge in [-0.25, -0.2) is 4.99 Å². The summed E-state index contributed by atoms with van der Waals surface area (Å²) in [5, 5.41) is 3.50. The average Bonchev–Trinajstić information content (AvgIpc) is 3.46. The molecule has 1 fully saturated rings. The fourth-order valence-electron chi connectivity index (χ4n) is 4.16. The zero-order valence-electron chi connectivity index (χ0n) is 16.3. The van der Waals surface area contributed by atoms with Crippen LogP contribution in [-0.2, 0) is 6.54 Å². The highest BCUT2D eigenvalue weighted by Crippen LogP contribution is 2.20. The lowest BCUT2D eigenvalue weighted by atomic mass is 10.2. The predicted octanol–water partition coefficient (Wildman–Crippen LogP) is 2.47. The number of hydrogen-bond donors (Lipinski definition) is 1. The molecule has 144 valence electrons. The van der Waals surface area contributed by atoms with Crippen LogP contribution >= 0.6 is 0 Å². The Morgan fingerprint density at radius 3 is 2.67 bits per heavy atom. The van der Waals surface area contributed by atoms with Gasteiger partial charge in [-0.1, -0.05) is 36.4 Å². The summed E-state index contributed by atoms with van der Waals surface area (Å²) in [6.07, 6.45) is 10.3. The average molecular weight is 366 g/mol. The van der Waals surface area contributed by atoms with Crippen LogP contribution in [0.1, 0.15) is 18.9 Å². The molecule has 0 amide bonds. The number of hydrogen-bond acceptors (Lipinski definition) is 3. The molecule has 1 unspecified atom stereocenters. The molecular weight excluding hydrogens is 334 g/mol. The Balaban J connectivity index is 1.40. The number of nitrogens with zero attached hydrogens (tertiary/aromatic N) is 4. The minimum absolute atomic E-state index is 0.648. The third-order valence-corrected chi connectivity index (χ3v) is 5.67. The largest absolute Gasteiger partial charge is 0.364 e. The van der Waals surface area contributed by atoms with Crippen molar-refractivity contribution in [3.05, 3.63) is 54.1 Å². The van der Waals surface area contributed by atoms with Crippen molar-refractivity contribution >= 4 is 11.6 Å². The number of rotatable bonds is 5. The molecule has 4 rings (SSSR count). The van der Waals surface area contributed by atoms with E-state index in [0.717, 1.165) is 58.3 Å². The van der Waals surface area contributed by atoms with Crippen LogP contribution < -0.4 is 10.2 Å². The summed E-state index contributed by atoms with van der Waals surface area (Å²) in [6, 6.07) is 9.46. The molecule has 1 aromatic rings. The van der Waals surface area contributed by atoms with Gasteiger partial charge in [0.05, 0.1) is 6.54 Å². The van der Waals surface area contributed by atoms with Gasteiger partial charge >= 0.3 is 0 Å². The molecule has 0 radical (unpaired) electrons.